The highest BCUT2D eigenvalue weighted by atomic mass is 16.5. The van der Waals surface area contributed by atoms with Crippen LogP contribution in [-0.4, -0.2) is 59.5 Å². The van der Waals surface area contributed by atoms with E-state index in [0.29, 0.717) is 35.8 Å². The SMILES string of the molecule is C[N+](C)(CCN)C1Cn2c(c(C3CCCCC3)c3ccccc32)-c2ccccc2OC1C(=O)O. The molecular formula is C28H36N3O3+. The Labute approximate surface area is 201 Å². The van der Waals surface area contributed by atoms with Crippen LogP contribution in [0.2, 0.25) is 0 Å². The molecule has 0 amide bonds. The molecule has 34 heavy (non-hydrogen) atoms. The Balaban J connectivity index is 1.80. The van der Waals surface area contributed by atoms with Crippen molar-refractivity contribution in [3.05, 3.63) is 54.1 Å². The summed E-state index contributed by atoms with van der Waals surface area (Å²) in [4.78, 5) is 12.5. The Bertz CT molecular complexity index is 1190. The first kappa shape index (κ1) is 22.9. The maximum absolute atomic E-state index is 12.5. The van der Waals surface area contributed by atoms with E-state index in [-0.39, 0.29) is 6.04 Å². The Morgan fingerprint density at radius 2 is 1.79 bits per heavy atom. The minimum Gasteiger partial charge on any atom is -0.478 e. The number of hydrogen-bond donors (Lipinski definition) is 2. The molecule has 6 heteroatoms. The zero-order chi connectivity index (χ0) is 23.9. The van der Waals surface area contributed by atoms with Gasteiger partial charge in [0.25, 0.3) is 0 Å². The lowest BCUT2D eigenvalue weighted by molar-refractivity contribution is -0.916. The molecule has 0 radical (unpaired) electrons. The summed E-state index contributed by atoms with van der Waals surface area (Å²) in [6, 6.07) is 16.3. The topological polar surface area (TPSA) is 77.5 Å². The van der Waals surface area contributed by atoms with E-state index in [1.165, 1.54) is 54.3 Å². The molecule has 0 bridgehead atoms. The molecule has 3 N–H and O–H groups in total. The predicted molar refractivity (Wildman–Crippen MR) is 135 cm³/mol. The molecule has 3 aromatic rings. The molecule has 2 atom stereocenters. The summed E-state index contributed by atoms with van der Waals surface area (Å²) in [6.07, 6.45) is 5.23. The molecule has 0 spiro atoms. The van der Waals surface area contributed by atoms with Gasteiger partial charge in [0.05, 0.1) is 32.9 Å². The quantitative estimate of drug-likeness (QED) is 0.543. The Morgan fingerprint density at radius 3 is 2.53 bits per heavy atom. The molecule has 2 aliphatic rings. The normalized spacial score (nSPS) is 21.3. The standard InChI is InChI=1S/C28H35N3O3/c1-31(2,17-16-29)23-18-30-22-14-8-6-12-20(22)25(19-10-4-3-5-11-19)26(30)21-13-7-9-15-24(21)34-27(23)28(32)33/h6-9,12-15,19,23,27H,3-5,10-11,16-18,29H2,1-2H3/p+1. The van der Waals surface area contributed by atoms with E-state index in [1.54, 1.807) is 0 Å². The number of ether oxygens (including phenoxy) is 1. The van der Waals surface area contributed by atoms with Gasteiger partial charge < -0.3 is 24.6 Å². The lowest BCUT2D eigenvalue weighted by Crippen LogP contribution is -2.61. The molecule has 2 heterocycles. The Kier molecular flexibility index (Phi) is 6.13. The van der Waals surface area contributed by atoms with Gasteiger partial charge in [0.15, 0.2) is 6.04 Å². The molecule has 2 aromatic carbocycles. The van der Waals surface area contributed by atoms with Crippen molar-refractivity contribution in [3.8, 4) is 17.0 Å². The zero-order valence-electron chi connectivity index (χ0n) is 20.2. The van der Waals surface area contributed by atoms with Crippen molar-refractivity contribution in [2.45, 2.75) is 56.7 Å². The lowest BCUT2D eigenvalue weighted by Gasteiger charge is -2.42. The second-order valence-corrected chi connectivity index (χ2v) is 10.5. The summed E-state index contributed by atoms with van der Waals surface area (Å²) in [5, 5.41) is 11.6. The number of likely N-dealkylation sites (N-methyl/N-ethyl adjacent to an activating group) is 1. The monoisotopic (exact) mass is 462 g/mol. The number of fused-ring (bicyclic) bond motifs is 5. The van der Waals surface area contributed by atoms with E-state index in [4.69, 9.17) is 10.5 Å². The zero-order valence-corrected chi connectivity index (χ0v) is 20.2. The molecule has 1 aliphatic heterocycles. The van der Waals surface area contributed by atoms with Crippen molar-refractivity contribution < 1.29 is 19.1 Å². The molecule has 1 aliphatic carbocycles. The first-order valence-electron chi connectivity index (χ1n) is 12.5. The number of para-hydroxylation sites is 2. The number of nitrogens with two attached hydrogens (primary N) is 1. The largest absolute Gasteiger partial charge is 0.478 e. The number of hydrogen-bond acceptors (Lipinski definition) is 3. The first-order valence-corrected chi connectivity index (χ1v) is 12.5. The number of rotatable bonds is 5. The van der Waals surface area contributed by atoms with Crippen LogP contribution >= 0.6 is 0 Å². The molecule has 2 unspecified atom stereocenters. The number of aromatic nitrogens is 1. The molecule has 1 fully saturated rings. The van der Waals surface area contributed by atoms with Crippen LogP contribution in [0, 0.1) is 0 Å². The third kappa shape index (κ3) is 3.89. The van der Waals surface area contributed by atoms with Crippen molar-refractivity contribution in [3.63, 3.8) is 0 Å². The van der Waals surface area contributed by atoms with Crippen LogP contribution in [0.5, 0.6) is 5.75 Å². The van der Waals surface area contributed by atoms with E-state index in [2.05, 4.69) is 49.0 Å². The van der Waals surface area contributed by atoms with Crippen LogP contribution in [0.25, 0.3) is 22.2 Å². The molecule has 1 saturated carbocycles. The van der Waals surface area contributed by atoms with Crippen molar-refractivity contribution in [1.29, 1.82) is 0 Å². The first-order chi connectivity index (χ1) is 16.4. The van der Waals surface area contributed by atoms with Gasteiger partial charge in [-0.15, -0.1) is 0 Å². The average molecular weight is 463 g/mol. The van der Waals surface area contributed by atoms with Gasteiger partial charge >= 0.3 is 5.97 Å². The van der Waals surface area contributed by atoms with Gasteiger partial charge in [-0.2, -0.15) is 0 Å². The predicted octanol–water partition coefficient (Wildman–Crippen LogP) is 4.61. The van der Waals surface area contributed by atoms with E-state index in [0.717, 1.165) is 5.56 Å². The number of benzene rings is 2. The van der Waals surface area contributed by atoms with Crippen LogP contribution in [0.15, 0.2) is 48.5 Å². The van der Waals surface area contributed by atoms with Crippen molar-refractivity contribution in [2.75, 3.05) is 27.2 Å². The second kappa shape index (κ2) is 9.08. The number of quaternary nitrogens is 1. The van der Waals surface area contributed by atoms with Crippen LogP contribution in [0.1, 0.15) is 43.6 Å². The highest BCUT2D eigenvalue weighted by Crippen LogP contribution is 2.47. The number of carboxylic acids is 1. The summed E-state index contributed by atoms with van der Waals surface area (Å²) in [6.45, 7) is 1.71. The molecule has 6 nitrogen and oxygen atoms in total. The molecule has 0 saturated heterocycles. The van der Waals surface area contributed by atoms with Crippen LogP contribution in [0.4, 0.5) is 0 Å². The minimum atomic E-state index is -0.977. The third-order valence-electron chi connectivity index (χ3n) is 7.99. The van der Waals surface area contributed by atoms with Crippen LogP contribution < -0.4 is 10.5 Å². The van der Waals surface area contributed by atoms with Crippen molar-refractivity contribution in [1.82, 2.24) is 4.57 Å². The number of nitrogens with zero attached hydrogens (tertiary/aromatic N) is 2. The van der Waals surface area contributed by atoms with E-state index in [1.807, 2.05) is 18.2 Å². The molecular weight excluding hydrogens is 426 g/mol. The highest BCUT2D eigenvalue weighted by molar-refractivity contribution is 5.94. The average Bonchev–Trinajstić information content (AvgIpc) is 3.14. The van der Waals surface area contributed by atoms with Crippen molar-refractivity contribution >= 4 is 16.9 Å². The Hall–Kier alpha value is -2.83. The van der Waals surface area contributed by atoms with E-state index >= 15 is 0 Å². The molecule has 1 aromatic heterocycles. The van der Waals surface area contributed by atoms with Gasteiger partial charge in [0, 0.05) is 23.0 Å². The fourth-order valence-electron chi connectivity index (χ4n) is 6.18. The van der Waals surface area contributed by atoms with Crippen LogP contribution in [-0.2, 0) is 11.3 Å². The number of aliphatic carboxylic acids is 1. The van der Waals surface area contributed by atoms with Crippen molar-refractivity contribution in [2.24, 2.45) is 5.73 Å². The van der Waals surface area contributed by atoms with Gasteiger partial charge in [0.2, 0.25) is 6.10 Å². The fourth-order valence-corrected chi connectivity index (χ4v) is 6.18. The van der Waals surface area contributed by atoms with Crippen LogP contribution in [0.3, 0.4) is 0 Å². The molecule has 180 valence electrons. The van der Waals surface area contributed by atoms with Gasteiger partial charge in [-0.3, -0.25) is 0 Å². The van der Waals surface area contributed by atoms with Gasteiger partial charge in [-0.25, -0.2) is 4.79 Å². The van der Waals surface area contributed by atoms with Gasteiger partial charge in [-0.1, -0.05) is 49.6 Å². The summed E-state index contributed by atoms with van der Waals surface area (Å²) in [7, 11) is 4.13. The molecule has 5 rings (SSSR count). The Morgan fingerprint density at radius 1 is 1.09 bits per heavy atom. The highest BCUT2D eigenvalue weighted by Gasteiger charge is 2.44. The van der Waals surface area contributed by atoms with E-state index < -0.39 is 12.1 Å². The van der Waals surface area contributed by atoms with E-state index in [9.17, 15) is 9.90 Å². The number of carbonyl (C=O) groups is 1. The maximum Gasteiger partial charge on any atom is 0.351 e. The third-order valence-corrected chi connectivity index (χ3v) is 7.99. The fraction of sp³-hybridized carbons (Fsp3) is 0.464. The van der Waals surface area contributed by atoms with Gasteiger partial charge in [0.1, 0.15) is 5.75 Å². The summed E-state index contributed by atoms with van der Waals surface area (Å²) >= 11 is 0. The summed E-state index contributed by atoms with van der Waals surface area (Å²) < 4.78 is 9.23. The summed E-state index contributed by atoms with van der Waals surface area (Å²) in [5.41, 5.74) is 10.7. The summed E-state index contributed by atoms with van der Waals surface area (Å²) in [5.74, 6) is 0.214. The minimum absolute atomic E-state index is 0.303. The second-order valence-electron chi connectivity index (χ2n) is 10.5. The van der Waals surface area contributed by atoms with Gasteiger partial charge in [-0.05, 0) is 42.5 Å². The maximum atomic E-state index is 12.5. The lowest BCUT2D eigenvalue weighted by atomic mass is 9.81. The number of carboxylic acid groups (broad SMARTS) is 1. The smallest absolute Gasteiger partial charge is 0.351 e.